The van der Waals surface area contributed by atoms with Gasteiger partial charge in [0.15, 0.2) is 5.96 Å². The number of aliphatic imine (C=N–C) groups is 1. The highest BCUT2D eigenvalue weighted by atomic mass is 127. The highest BCUT2D eigenvalue weighted by molar-refractivity contribution is 14.0. The van der Waals surface area contributed by atoms with Crippen LogP contribution in [-0.4, -0.2) is 47.6 Å². The van der Waals surface area contributed by atoms with Crippen molar-refractivity contribution in [1.29, 1.82) is 0 Å². The molecule has 0 aliphatic rings. The molecule has 0 aliphatic heterocycles. The van der Waals surface area contributed by atoms with E-state index in [1.54, 1.807) is 7.05 Å². The van der Waals surface area contributed by atoms with Crippen molar-refractivity contribution in [1.82, 2.24) is 19.8 Å². The van der Waals surface area contributed by atoms with Crippen LogP contribution in [0.15, 0.2) is 35.6 Å². The van der Waals surface area contributed by atoms with Crippen LogP contribution in [0.2, 0.25) is 5.02 Å². The van der Waals surface area contributed by atoms with Crippen LogP contribution in [0.5, 0.6) is 0 Å². The van der Waals surface area contributed by atoms with E-state index in [0.717, 1.165) is 47.7 Å². The summed E-state index contributed by atoms with van der Waals surface area (Å²) in [6, 6.07) is 6.15. The average molecular weight is 505 g/mol. The predicted octanol–water partition coefficient (Wildman–Crippen LogP) is 3.75. The van der Waals surface area contributed by atoms with Crippen molar-refractivity contribution < 1.29 is 0 Å². The number of rotatable bonds is 7. The molecule has 27 heavy (non-hydrogen) atoms. The summed E-state index contributed by atoms with van der Waals surface area (Å²) in [5.74, 6) is 1.84. The average Bonchev–Trinajstić information content (AvgIpc) is 2.95. The Morgan fingerprint density at radius 3 is 2.48 bits per heavy atom. The van der Waals surface area contributed by atoms with Crippen LogP contribution in [0.25, 0.3) is 0 Å². The number of hydrogen-bond acceptors (Lipinski definition) is 3. The smallest absolute Gasteiger partial charge is 0.194 e. The van der Waals surface area contributed by atoms with Crippen molar-refractivity contribution in [2.75, 3.05) is 32.1 Å². The Bertz CT molecular complexity index is 724. The lowest BCUT2D eigenvalue weighted by Crippen LogP contribution is -2.38. The van der Waals surface area contributed by atoms with E-state index in [0.29, 0.717) is 6.54 Å². The second-order valence-electron chi connectivity index (χ2n) is 6.21. The summed E-state index contributed by atoms with van der Waals surface area (Å²) in [4.78, 5) is 13.2. The van der Waals surface area contributed by atoms with E-state index in [2.05, 4.69) is 51.1 Å². The van der Waals surface area contributed by atoms with Gasteiger partial charge in [-0.2, -0.15) is 0 Å². The number of nitrogens with one attached hydrogen (secondary N) is 1. The Morgan fingerprint density at radius 1 is 1.30 bits per heavy atom. The first-order valence-electron chi connectivity index (χ1n) is 8.90. The summed E-state index contributed by atoms with van der Waals surface area (Å²) in [5, 5.41) is 4.14. The van der Waals surface area contributed by atoms with Gasteiger partial charge in [0.2, 0.25) is 0 Å². The van der Waals surface area contributed by atoms with Gasteiger partial charge in [-0.25, -0.2) is 4.98 Å². The SMILES string of the molecule is CCN(CC)c1ccc(CNC(=NC)N(C)Cc2cc(Cl)cn2C)cn1.I. The van der Waals surface area contributed by atoms with Crippen molar-refractivity contribution >= 4 is 47.4 Å². The fraction of sp³-hybridized carbons (Fsp3) is 0.474. The molecule has 0 saturated heterocycles. The molecule has 0 fully saturated rings. The van der Waals surface area contributed by atoms with Crippen molar-refractivity contribution in [2.45, 2.75) is 26.9 Å². The van der Waals surface area contributed by atoms with Crippen LogP contribution in [0.4, 0.5) is 5.82 Å². The van der Waals surface area contributed by atoms with Gasteiger partial charge < -0.3 is 19.7 Å². The van der Waals surface area contributed by atoms with Crippen molar-refractivity contribution in [2.24, 2.45) is 12.0 Å². The van der Waals surface area contributed by atoms with Gasteiger partial charge in [0.1, 0.15) is 5.82 Å². The summed E-state index contributed by atoms with van der Waals surface area (Å²) in [6.45, 7) is 7.60. The lowest BCUT2D eigenvalue weighted by atomic mass is 10.2. The Labute approximate surface area is 184 Å². The number of nitrogens with zero attached hydrogens (tertiary/aromatic N) is 5. The zero-order valence-electron chi connectivity index (χ0n) is 16.7. The number of pyridine rings is 1. The van der Waals surface area contributed by atoms with Crippen molar-refractivity contribution in [3.8, 4) is 0 Å². The van der Waals surface area contributed by atoms with E-state index < -0.39 is 0 Å². The Kier molecular flexibility index (Phi) is 9.93. The summed E-state index contributed by atoms with van der Waals surface area (Å²) < 4.78 is 2.03. The minimum absolute atomic E-state index is 0. The summed E-state index contributed by atoms with van der Waals surface area (Å²) >= 11 is 6.06. The van der Waals surface area contributed by atoms with Gasteiger partial charge in [0.25, 0.3) is 0 Å². The number of guanidine groups is 1. The molecule has 0 spiro atoms. The van der Waals surface area contributed by atoms with Crippen LogP contribution < -0.4 is 10.2 Å². The van der Waals surface area contributed by atoms with Crippen LogP contribution >= 0.6 is 35.6 Å². The first kappa shape index (κ1) is 23.6. The molecule has 6 nitrogen and oxygen atoms in total. The van der Waals surface area contributed by atoms with Crippen molar-refractivity contribution in [3.05, 3.63) is 46.9 Å². The van der Waals surface area contributed by atoms with E-state index in [9.17, 15) is 0 Å². The van der Waals surface area contributed by atoms with Gasteiger partial charge in [-0.1, -0.05) is 17.7 Å². The maximum atomic E-state index is 6.06. The Balaban J connectivity index is 0.00000364. The molecule has 8 heteroatoms. The molecule has 0 saturated carbocycles. The third-order valence-electron chi connectivity index (χ3n) is 4.39. The van der Waals surface area contributed by atoms with Crippen LogP contribution in [0.1, 0.15) is 25.1 Å². The molecule has 0 unspecified atom stereocenters. The van der Waals surface area contributed by atoms with Crippen LogP contribution in [-0.2, 0) is 20.1 Å². The second kappa shape index (κ2) is 11.4. The highest BCUT2D eigenvalue weighted by Gasteiger charge is 2.10. The van der Waals surface area contributed by atoms with E-state index in [1.165, 1.54) is 0 Å². The molecular formula is C19H30ClIN6. The molecule has 0 radical (unpaired) electrons. The minimum atomic E-state index is 0. The first-order chi connectivity index (χ1) is 12.5. The standard InChI is InChI=1S/C19H29ClN6.HI/c1-6-26(7-2)18-9-8-15(11-22-18)12-23-19(21-3)25(5)14-17-10-16(20)13-24(17)4;/h8-11,13H,6-7,12,14H2,1-5H3,(H,21,23);1H. The quantitative estimate of drug-likeness (QED) is 0.354. The van der Waals surface area contributed by atoms with Crippen LogP contribution in [0.3, 0.4) is 0 Å². The zero-order chi connectivity index (χ0) is 19.1. The zero-order valence-corrected chi connectivity index (χ0v) is 19.8. The maximum Gasteiger partial charge on any atom is 0.194 e. The van der Waals surface area contributed by atoms with Gasteiger partial charge in [-0.3, -0.25) is 4.99 Å². The Morgan fingerprint density at radius 2 is 2.00 bits per heavy atom. The van der Waals surface area contributed by atoms with Gasteiger partial charge in [-0.15, -0.1) is 24.0 Å². The molecule has 2 rings (SSSR count). The molecular weight excluding hydrogens is 475 g/mol. The van der Waals surface area contributed by atoms with Crippen molar-refractivity contribution in [3.63, 3.8) is 0 Å². The fourth-order valence-corrected chi connectivity index (χ4v) is 3.14. The summed E-state index contributed by atoms with van der Waals surface area (Å²) in [6.07, 6.45) is 3.83. The minimum Gasteiger partial charge on any atom is -0.357 e. The topological polar surface area (TPSA) is 48.7 Å². The maximum absolute atomic E-state index is 6.06. The molecule has 1 N–H and O–H groups in total. The molecule has 2 heterocycles. The number of aromatic nitrogens is 2. The third-order valence-corrected chi connectivity index (χ3v) is 4.60. The van der Waals surface area contributed by atoms with Gasteiger partial charge in [-0.05, 0) is 31.5 Å². The molecule has 150 valence electrons. The highest BCUT2D eigenvalue weighted by Crippen LogP contribution is 2.14. The molecule has 2 aromatic heterocycles. The Hall–Kier alpha value is -1.48. The first-order valence-corrected chi connectivity index (χ1v) is 9.28. The third kappa shape index (κ3) is 6.57. The lowest BCUT2D eigenvalue weighted by molar-refractivity contribution is 0.461. The number of halogens is 2. The van der Waals surface area contributed by atoms with E-state index in [1.807, 2.05) is 37.1 Å². The monoisotopic (exact) mass is 504 g/mol. The molecule has 0 aromatic carbocycles. The lowest BCUT2D eigenvalue weighted by Gasteiger charge is -2.23. The normalized spacial score (nSPS) is 11.1. The molecule has 0 aliphatic carbocycles. The predicted molar refractivity (Wildman–Crippen MR) is 125 cm³/mol. The molecule has 0 amide bonds. The molecule has 0 bridgehead atoms. The number of hydrogen-bond donors (Lipinski definition) is 1. The second-order valence-corrected chi connectivity index (χ2v) is 6.65. The van der Waals surface area contributed by atoms with Crippen LogP contribution in [0, 0.1) is 0 Å². The number of aryl methyl sites for hydroxylation is 1. The van der Waals surface area contributed by atoms with E-state index >= 15 is 0 Å². The summed E-state index contributed by atoms with van der Waals surface area (Å²) in [5.41, 5.74) is 2.25. The van der Waals surface area contributed by atoms with Gasteiger partial charge in [0.05, 0.1) is 11.6 Å². The largest absolute Gasteiger partial charge is 0.357 e. The molecule has 0 atom stereocenters. The summed E-state index contributed by atoms with van der Waals surface area (Å²) in [7, 11) is 5.80. The fourth-order valence-electron chi connectivity index (χ4n) is 2.86. The van der Waals surface area contributed by atoms with Gasteiger partial charge in [0, 0.05) is 58.9 Å². The number of anilines is 1. The van der Waals surface area contributed by atoms with E-state index in [4.69, 9.17) is 11.6 Å². The van der Waals surface area contributed by atoms with Gasteiger partial charge >= 0.3 is 0 Å². The van der Waals surface area contributed by atoms with E-state index in [-0.39, 0.29) is 24.0 Å². The molecule has 2 aromatic rings.